The lowest BCUT2D eigenvalue weighted by Crippen LogP contribution is -2.42. The molecule has 0 spiro atoms. The molecule has 34 heavy (non-hydrogen) atoms. The van der Waals surface area contributed by atoms with Crippen LogP contribution in [0.1, 0.15) is 29.2 Å². The van der Waals surface area contributed by atoms with Crippen molar-refractivity contribution in [3.05, 3.63) is 89.0 Å². The van der Waals surface area contributed by atoms with E-state index in [9.17, 15) is 13.2 Å². The minimum atomic E-state index is -3.94. The standard InChI is InChI=1S/C27H32N2O4S/c1-5-23-10-12-24(13-11-23)33-17-16-28-27(30)19-29(26-18-21(3)6-9-22(26)4)34(31,32)25-14-7-20(2)8-15-25/h6-15,18H,5,16-17,19H2,1-4H3,(H,28,30). The lowest BCUT2D eigenvalue weighted by Gasteiger charge is -2.26. The molecule has 0 saturated carbocycles. The van der Waals surface area contributed by atoms with Crippen LogP contribution in [-0.4, -0.2) is 34.0 Å². The molecule has 3 rings (SSSR count). The first-order valence-electron chi connectivity index (χ1n) is 11.4. The van der Waals surface area contributed by atoms with E-state index < -0.39 is 15.9 Å². The highest BCUT2D eigenvalue weighted by atomic mass is 32.2. The molecule has 1 N–H and O–H groups in total. The first-order chi connectivity index (χ1) is 16.2. The molecule has 3 aromatic carbocycles. The third-order valence-electron chi connectivity index (χ3n) is 5.55. The molecule has 1 amide bonds. The van der Waals surface area contributed by atoms with Crippen molar-refractivity contribution in [3.63, 3.8) is 0 Å². The van der Waals surface area contributed by atoms with Crippen LogP contribution in [0.25, 0.3) is 0 Å². The zero-order valence-electron chi connectivity index (χ0n) is 20.2. The molecule has 0 saturated heterocycles. The number of hydrogen-bond acceptors (Lipinski definition) is 4. The molecule has 7 heteroatoms. The highest BCUT2D eigenvalue weighted by Gasteiger charge is 2.28. The Morgan fingerprint density at radius 2 is 1.56 bits per heavy atom. The van der Waals surface area contributed by atoms with Crippen LogP contribution in [0.2, 0.25) is 0 Å². The second kappa shape index (κ2) is 11.2. The molecule has 0 aliphatic heterocycles. The second-order valence-electron chi connectivity index (χ2n) is 8.31. The van der Waals surface area contributed by atoms with Crippen LogP contribution in [0.4, 0.5) is 5.69 Å². The fourth-order valence-electron chi connectivity index (χ4n) is 3.49. The summed E-state index contributed by atoms with van der Waals surface area (Å²) in [7, 11) is -3.94. The molecule has 0 atom stereocenters. The first kappa shape index (κ1) is 25.3. The van der Waals surface area contributed by atoms with E-state index in [1.807, 2.05) is 57.2 Å². The average molecular weight is 481 g/mol. The molecular weight excluding hydrogens is 448 g/mol. The first-order valence-corrected chi connectivity index (χ1v) is 12.8. The summed E-state index contributed by atoms with van der Waals surface area (Å²) in [4.78, 5) is 12.9. The van der Waals surface area contributed by atoms with Gasteiger partial charge in [-0.15, -0.1) is 0 Å². The van der Waals surface area contributed by atoms with Gasteiger partial charge in [-0.1, -0.05) is 48.9 Å². The summed E-state index contributed by atoms with van der Waals surface area (Å²) in [6, 6.07) is 20.0. The summed E-state index contributed by atoms with van der Waals surface area (Å²) in [5.74, 6) is 0.326. The van der Waals surface area contributed by atoms with Crippen molar-refractivity contribution in [2.24, 2.45) is 0 Å². The zero-order valence-corrected chi connectivity index (χ0v) is 21.0. The smallest absolute Gasteiger partial charge is 0.264 e. The Labute approximate surface area is 202 Å². The van der Waals surface area contributed by atoms with Gasteiger partial charge >= 0.3 is 0 Å². The topological polar surface area (TPSA) is 75.7 Å². The van der Waals surface area contributed by atoms with E-state index in [4.69, 9.17) is 4.74 Å². The molecule has 0 aliphatic carbocycles. The number of aryl methyl sites for hydroxylation is 4. The molecule has 0 radical (unpaired) electrons. The number of benzene rings is 3. The summed E-state index contributed by atoms with van der Waals surface area (Å²) in [5.41, 5.74) is 4.35. The number of sulfonamides is 1. The maximum Gasteiger partial charge on any atom is 0.264 e. The van der Waals surface area contributed by atoms with E-state index in [0.717, 1.165) is 28.9 Å². The Hall–Kier alpha value is -3.32. The van der Waals surface area contributed by atoms with Crippen LogP contribution in [0.5, 0.6) is 5.75 Å². The van der Waals surface area contributed by atoms with E-state index in [0.29, 0.717) is 5.69 Å². The van der Waals surface area contributed by atoms with Crippen molar-refractivity contribution in [2.75, 3.05) is 24.0 Å². The second-order valence-corrected chi connectivity index (χ2v) is 10.2. The van der Waals surface area contributed by atoms with Crippen molar-refractivity contribution >= 4 is 21.6 Å². The molecule has 3 aromatic rings. The SMILES string of the molecule is CCc1ccc(OCCNC(=O)CN(c2cc(C)ccc2C)S(=O)(=O)c2ccc(C)cc2)cc1. The lowest BCUT2D eigenvalue weighted by atomic mass is 10.1. The zero-order chi connectivity index (χ0) is 24.7. The summed E-state index contributed by atoms with van der Waals surface area (Å²) < 4.78 is 33.9. The van der Waals surface area contributed by atoms with Gasteiger partial charge in [0.15, 0.2) is 0 Å². The maximum atomic E-state index is 13.5. The van der Waals surface area contributed by atoms with E-state index in [1.165, 1.54) is 9.87 Å². The molecule has 0 fully saturated rings. The molecular formula is C27H32N2O4S. The van der Waals surface area contributed by atoms with E-state index >= 15 is 0 Å². The van der Waals surface area contributed by atoms with Gasteiger partial charge in [0, 0.05) is 0 Å². The van der Waals surface area contributed by atoms with E-state index in [-0.39, 0.29) is 24.6 Å². The number of nitrogens with zero attached hydrogens (tertiary/aromatic N) is 1. The van der Waals surface area contributed by atoms with Gasteiger partial charge in [0.25, 0.3) is 10.0 Å². The molecule has 180 valence electrons. The number of ether oxygens (including phenoxy) is 1. The Kier molecular flexibility index (Phi) is 8.34. The van der Waals surface area contributed by atoms with Gasteiger partial charge in [0.2, 0.25) is 5.91 Å². The van der Waals surface area contributed by atoms with Crippen molar-refractivity contribution in [1.29, 1.82) is 0 Å². The largest absolute Gasteiger partial charge is 0.492 e. The normalized spacial score (nSPS) is 11.2. The third-order valence-corrected chi connectivity index (χ3v) is 7.33. The predicted octanol–water partition coefficient (Wildman–Crippen LogP) is 4.56. The van der Waals surface area contributed by atoms with E-state index in [1.54, 1.807) is 30.3 Å². The average Bonchev–Trinajstić information content (AvgIpc) is 2.82. The predicted molar refractivity (Wildman–Crippen MR) is 136 cm³/mol. The van der Waals surface area contributed by atoms with Crippen LogP contribution in [0.15, 0.2) is 71.6 Å². The summed E-state index contributed by atoms with van der Waals surface area (Å²) in [6.45, 7) is 7.93. The van der Waals surface area contributed by atoms with Gasteiger partial charge in [0.1, 0.15) is 18.9 Å². The highest BCUT2D eigenvalue weighted by Crippen LogP contribution is 2.28. The number of carbonyl (C=O) groups excluding carboxylic acids is 1. The number of rotatable bonds is 10. The summed E-state index contributed by atoms with van der Waals surface area (Å²) in [5, 5.41) is 2.77. The van der Waals surface area contributed by atoms with Gasteiger partial charge < -0.3 is 10.1 Å². The van der Waals surface area contributed by atoms with Gasteiger partial charge in [-0.2, -0.15) is 0 Å². The maximum absolute atomic E-state index is 13.5. The Morgan fingerprint density at radius 1 is 0.912 bits per heavy atom. The number of anilines is 1. The summed E-state index contributed by atoms with van der Waals surface area (Å²) in [6.07, 6.45) is 0.957. The van der Waals surface area contributed by atoms with Gasteiger partial charge in [-0.05, 0) is 74.2 Å². The minimum absolute atomic E-state index is 0.144. The van der Waals surface area contributed by atoms with Crippen molar-refractivity contribution < 1.29 is 17.9 Å². The van der Waals surface area contributed by atoms with Crippen LogP contribution >= 0.6 is 0 Å². The van der Waals surface area contributed by atoms with Gasteiger partial charge in [-0.3, -0.25) is 9.10 Å². The number of carbonyl (C=O) groups is 1. The van der Waals surface area contributed by atoms with Crippen molar-refractivity contribution in [3.8, 4) is 5.75 Å². The lowest BCUT2D eigenvalue weighted by molar-refractivity contribution is -0.119. The molecule has 0 unspecified atom stereocenters. The van der Waals surface area contributed by atoms with Crippen LogP contribution in [0.3, 0.4) is 0 Å². The van der Waals surface area contributed by atoms with Crippen LogP contribution in [0, 0.1) is 20.8 Å². The number of amides is 1. The van der Waals surface area contributed by atoms with Gasteiger partial charge in [-0.25, -0.2) is 8.42 Å². The highest BCUT2D eigenvalue weighted by molar-refractivity contribution is 7.92. The Morgan fingerprint density at radius 3 is 2.21 bits per heavy atom. The Bertz CT molecular complexity index is 1220. The quantitative estimate of drug-likeness (QED) is 0.432. The Balaban J connectivity index is 1.72. The minimum Gasteiger partial charge on any atom is -0.492 e. The monoisotopic (exact) mass is 480 g/mol. The number of nitrogens with one attached hydrogen (secondary N) is 1. The fourth-order valence-corrected chi connectivity index (χ4v) is 4.97. The van der Waals surface area contributed by atoms with Crippen molar-refractivity contribution in [1.82, 2.24) is 5.32 Å². The molecule has 0 heterocycles. The number of hydrogen-bond donors (Lipinski definition) is 1. The molecule has 6 nitrogen and oxygen atoms in total. The van der Waals surface area contributed by atoms with Crippen molar-refractivity contribution in [2.45, 2.75) is 39.0 Å². The molecule has 0 aliphatic rings. The van der Waals surface area contributed by atoms with Crippen LogP contribution < -0.4 is 14.4 Å². The molecule has 0 aromatic heterocycles. The van der Waals surface area contributed by atoms with Crippen LogP contribution in [-0.2, 0) is 21.2 Å². The van der Waals surface area contributed by atoms with E-state index in [2.05, 4.69) is 12.2 Å². The van der Waals surface area contributed by atoms with Gasteiger partial charge in [0.05, 0.1) is 17.1 Å². The summed E-state index contributed by atoms with van der Waals surface area (Å²) >= 11 is 0. The molecule has 0 bridgehead atoms. The fraction of sp³-hybridized carbons (Fsp3) is 0.296. The third kappa shape index (κ3) is 6.38.